The first-order chi connectivity index (χ1) is 9.13. The largest absolute Gasteiger partial charge is 0.481 e. The molecule has 2 heterocycles. The number of aromatic nitrogens is 3. The normalized spacial score (nSPS) is 9.74. The Morgan fingerprint density at radius 2 is 2.16 bits per heavy atom. The number of amides is 1. The van der Waals surface area contributed by atoms with Crippen LogP contribution >= 0.6 is 0 Å². The topological polar surface area (TPSA) is 79.9 Å². The minimum atomic E-state index is -0.0970. The van der Waals surface area contributed by atoms with E-state index < -0.39 is 0 Å². The lowest BCUT2D eigenvalue weighted by atomic mass is 10.1. The van der Waals surface area contributed by atoms with Crippen molar-refractivity contribution in [1.29, 1.82) is 0 Å². The summed E-state index contributed by atoms with van der Waals surface area (Å²) in [5, 5.41) is 10.6. The van der Waals surface area contributed by atoms with E-state index in [0.717, 1.165) is 22.2 Å². The van der Waals surface area contributed by atoms with Gasteiger partial charge in [-0.3, -0.25) is 9.89 Å². The molecule has 2 rings (SSSR count). The molecule has 0 aromatic carbocycles. The molecule has 104 valence electrons. The number of nitrogens with zero attached hydrogens (tertiary/aromatic N) is 2. The summed E-state index contributed by atoms with van der Waals surface area (Å²) in [6.07, 6.45) is 1.72. The molecule has 0 saturated heterocycles. The maximum atomic E-state index is 11.0. The van der Waals surface area contributed by atoms with Gasteiger partial charge in [-0.15, -0.1) is 0 Å². The molecule has 19 heavy (non-hydrogen) atoms. The molecule has 0 spiro atoms. The van der Waals surface area contributed by atoms with E-state index in [9.17, 15) is 4.79 Å². The van der Waals surface area contributed by atoms with Gasteiger partial charge in [0, 0.05) is 12.3 Å². The van der Waals surface area contributed by atoms with Gasteiger partial charge in [-0.2, -0.15) is 5.10 Å². The summed E-state index contributed by atoms with van der Waals surface area (Å²) >= 11 is 0. The van der Waals surface area contributed by atoms with Crippen molar-refractivity contribution in [2.24, 2.45) is 0 Å². The highest BCUT2D eigenvalue weighted by Gasteiger charge is 2.14. The van der Waals surface area contributed by atoms with Crippen LogP contribution in [-0.2, 0) is 11.3 Å². The van der Waals surface area contributed by atoms with Crippen LogP contribution in [0.25, 0.3) is 10.9 Å². The number of fused-ring (bicyclic) bond motifs is 1. The third kappa shape index (κ3) is 3.21. The van der Waals surface area contributed by atoms with E-state index in [-0.39, 0.29) is 5.91 Å². The minimum absolute atomic E-state index is 0.0970. The van der Waals surface area contributed by atoms with Gasteiger partial charge in [-0.1, -0.05) is 13.8 Å². The fraction of sp³-hybridized carbons (Fsp3) is 0.462. The van der Waals surface area contributed by atoms with E-state index in [2.05, 4.69) is 20.5 Å². The van der Waals surface area contributed by atoms with E-state index in [1.807, 2.05) is 20.8 Å². The van der Waals surface area contributed by atoms with Gasteiger partial charge in [-0.05, 0) is 6.92 Å². The lowest BCUT2D eigenvalue weighted by Crippen LogP contribution is -2.20. The first kappa shape index (κ1) is 14.9. The standard InChI is InChI=1S/C11H14N4O2.C2H6/c1-6-8-5-13-15-10(8)9(4-12-7(2)16)11(14-6)17-3;1-2/h5H,4H2,1-3H3,(H,12,16)(H,13,15);1-2H3. The third-order valence-corrected chi connectivity index (χ3v) is 2.57. The second-order valence-corrected chi connectivity index (χ2v) is 3.75. The lowest BCUT2D eigenvalue weighted by Gasteiger charge is -2.10. The zero-order valence-corrected chi connectivity index (χ0v) is 12.0. The first-order valence-electron chi connectivity index (χ1n) is 6.24. The second-order valence-electron chi connectivity index (χ2n) is 3.75. The number of carbonyl (C=O) groups excluding carboxylic acids is 1. The summed E-state index contributed by atoms with van der Waals surface area (Å²) < 4.78 is 5.23. The van der Waals surface area contributed by atoms with Crippen LogP contribution < -0.4 is 10.1 Å². The Bertz CT molecular complexity index is 563. The highest BCUT2D eigenvalue weighted by atomic mass is 16.5. The van der Waals surface area contributed by atoms with Crippen LogP contribution in [0.3, 0.4) is 0 Å². The van der Waals surface area contributed by atoms with Gasteiger partial charge in [0.2, 0.25) is 11.8 Å². The number of hydrogen-bond acceptors (Lipinski definition) is 4. The van der Waals surface area contributed by atoms with E-state index in [1.54, 1.807) is 13.3 Å². The first-order valence-corrected chi connectivity index (χ1v) is 6.24. The second kappa shape index (κ2) is 6.72. The van der Waals surface area contributed by atoms with Gasteiger partial charge in [0.1, 0.15) is 0 Å². The van der Waals surface area contributed by atoms with Crippen LogP contribution in [0.2, 0.25) is 0 Å². The maximum absolute atomic E-state index is 11.0. The molecule has 0 radical (unpaired) electrons. The predicted molar refractivity (Wildman–Crippen MR) is 74.0 cm³/mol. The molecule has 0 aliphatic heterocycles. The van der Waals surface area contributed by atoms with Crippen LogP contribution in [0.4, 0.5) is 0 Å². The Kier molecular flexibility index (Phi) is 5.29. The highest BCUT2D eigenvalue weighted by Crippen LogP contribution is 2.26. The molecule has 0 saturated carbocycles. The summed E-state index contributed by atoms with van der Waals surface area (Å²) in [6.45, 7) is 7.73. The van der Waals surface area contributed by atoms with Crippen LogP contribution in [0.15, 0.2) is 6.20 Å². The minimum Gasteiger partial charge on any atom is -0.481 e. The summed E-state index contributed by atoms with van der Waals surface area (Å²) in [5.74, 6) is 0.410. The quantitative estimate of drug-likeness (QED) is 0.887. The lowest BCUT2D eigenvalue weighted by molar-refractivity contribution is -0.119. The summed E-state index contributed by atoms with van der Waals surface area (Å²) in [6, 6.07) is 0. The van der Waals surface area contributed by atoms with Gasteiger partial charge in [0.05, 0.1) is 36.6 Å². The molecule has 0 atom stereocenters. The molecule has 0 bridgehead atoms. The van der Waals surface area contributed by atoms with Gasteiger partial charge < -0.3 is 10.1 Å². The number of nitrogens with one attached hydrogen (secondary N) is 2. The molecular formula is C13H20N4O2. The van der Waals surface area contributed by atoms with Crippen molar-refractivity contribution >= 4 is 16.8 Å². The smallest absolute Gasteiger partial charge is 0.220 e. The Labute approximate surface area is 112 Å². The number of methoxy groups -OCH3 is 1. The number of aromatic amines is 1. The number of pyridine rings is 1. The number of carbonyl (C=O) groups is 1. The predicted octanol–water partition coefficient (Wildman–Crippen LogP) is 1.94. The van der Waals surface area contributed by atoms with Crippen LogP contribution in [0.5, 0.6) is 5.88 Å². The number of aryl methyl sites for hydroxylation is 1. The molecule has 2 N–H and O–H groups in total. The molecular weight excluding hydrogens is 244 g/mol. The molecule has 2 aromatic heterocycles. The average Bonchev–Trinajstić information content (AvgIpc) is 2.89. The summed E-state index contributed by atoms with van der Waals surface area (Å²) in [4.78, 5) is 15.3. The zero-order chi connectivity index (χ0) is 14.4. The van der Waals surface area contributed by atoms with Crippen molar-refractivity contribution in [2.45, 2.75) is 34.2 Å². The number of ether oxygens (including phenoxy) is 1. The van der Waals surface area contributed by atoms with Crippen LogP contribution in [-0.4, -0.2) is 28.2 Å². The highest BCUT2D eigenvalue weighted by molar-refractivity contribution is 5.85. The van der Waals surface area contributed by atoms with E-state index >= 15 is 0 Å². The Hall–Kier alpha value is -2.11. The van der Waals surface area contributed by atoms with E-state index in [0.29, 0.717) is 12.4 Å². The van der Waals surface area contributed by atoms with Crippen molar-refractivity contribution in [3.05, 3.63) is 17.5 Å². The SMILES string of the molecule is CC.COc1nc(C)c2cn[nH]c2c1CNC(C)=O. The van der Waals surface area contributed by atoms with Crippen LogP contribution in [0, 0.1) is 6.92 Å². The summed E-state index contributed by atoms with van der Waals surface area (Å²) in [7, 11) is 1.56. The van der Waals surface area contributed by atoms with Gasteiger partial charge in [0.25, 0.3) is 0 Å². The van der Waals surface area contributed by atoms with E-state index in [4.69, 9.17) is 4.74 Å². The molecule has 0 unspecified atom stereocenters. The Morgan fingerprint density at radius 3 is 2.74 bits per heavy atom. The number of hydrogen-bond donors (Lipinski definition) is 2. The molecule has 6 heteroatoms. The van der Waals surface area contributed by atoms with Gasteiger partial charge in [0.15, 0.2) is 0 Å². The van der Waals surface area contributed by atoms with Crippen LogP contribution in [0.1, 0.15) is 32.0 Å². The third-order valence-electron chi connectivity index (χ3n) is 2.57. The van der Waals surface area contributed by atoms with Crippen molar-refractivity contribution in [1.82, 2.24) is 20.5 Å². The molecule has 1 amide bonds. The van der Waals surface area contributed by atoms with E-state index in [1.165, 1.54) is 6.92 Å². The molecule has 0 aliphatic carbocycles. The molecule has 2 aromatic rings. The van der Waals surface area contributed by atoms with Crippen molar-refractivity contribution in [2.75, 3.05) is 7.11 Å². The van der Waals surface area contributed by atoms with Gasteiger partial charge >= 0.3 is 0 Å². The zero-order valence-electron chi connectivity index (χ0n) is 12.0. The Morgan fingerprint density at radius 1 is 1.47 bits per heavy atom. The van der Waals surface area contributed by atoms with Crippen molar-refractivity contribution < 1.29 is 9.53 Å². The van der Waals surface area contributed by atoms with Crippen molar-refractivity contribution in [3.8, 4) is 5.88 Å². The monoisotopic (exact) mass is 264 g/mol. The average molecular weight is 264 g/mol. The maximum Gasteiger partial charge on any atom is 0.220 e. The molecule has 6 nitrogen and oxygen atoms in total. The molecule has 0 fully saturated rings. The summed E-state index contributed by atoms with van der Waals surface area (Å²) in [5.41, 5.74) is 2.50. The molecule has 0 aliphatic rings. The fourth-order valence-electron chi connectivity index (χ4n) is 1.72. The van der Waals surface area contributed by atoms with Crippen molar-refractivity contribution in [3.63, 3.8) is 0 Å². The number of rotatable bonds is 3. The Balaban J connectivity index is 0.000000861. The fourth-order valence-corrected chi connectivity index (χ4v) is 1.72. The van der Waals surface area contributed by atoms with Gasteiger partial charge in [-0.25, -0.2) is 4.98 Å². The number of H-pyrrole nitrogens is 1.